The Bertz CT molecular complexity index is 1810. The molecule has 0 amide bonds. The molecule has 0 radical (unpaired) electrons. The highest BCUT2D eigenvalue weighted by molar-refractivity contribution is 6.07. The van der Waals surface area contributed by atoms with Crippen LogP contribution in [0.2, 0.25) is 0 Å². The number of hydrogen-bond acceptors (Lipinski definition) is 2. The summed E-state index contributed by atoms with van der Waals surface area (Å²) in [5.74, 6) is 0.919. The summed E-state index contributed by atoms with van der Waals surface area (Å²) >= 11 is 0. The number of carbonyl (C=O) groups is 1. The summed E-state index contributed by atoms with van der Waals surface area (Å²) in [4.78, 5) is 18.9. The Morgan fingerprint density at radius 1 is 0.707 bits per heavy atom. The number of imidazole rings is 1. The first-order chi connectivity index (χ1) is 20.1. The van der Waals surface area contributed by atoms with E-state index in [1.165, 1.54) is 5.56 Å². The van der Waals surface area contributed by atoms with E-state index in [1.54, 1.807) is 0 Å². The average Bonchev–Trinajstić information content (AvgIpc) is 3.53. The van der Waals surface area contributed by atoms with Crippen LogP contribution in [0, 0.1) is 13.8 Å². The highest BCUT2D eigenvalue weighted by atomic mass is 16.2. The molecule has 4 nitrogen and oxygen atoms in total. The molecule has 3 heterocycles. The van der Waals surface area contributed by atoms with Crippen molar-refractivity contribution in [2.24, 2.45) is 0 Å². The zero-order valence-electron chi connectivity index (χ0n) is 23.3. The standard InChI is InChI=1S/C37H31N3O/c1-26-33-20-12-13-21-35(33)40-34(26)23-22-28(36(40)41)24-32-25-39(27(2)38-32)37(29-14-6-3-7-15-29,30-16-8-4-9-17-30)31-18-10-5-11-19-31/h3-21,24-25H,22-23H2,1-2H3. The van der Waals surface area contributed by atoms with Crippen LogP contribution in [-0.2, 0) is 12.0 Å². The van der Waals surface area contributed by atoms with Crippen molar-refractivity contribution >= 4 is 22.9 Å². The molecular formula is C37H31N3O. The van der Waals surface area contributed by atoms with Gasteiger partial charge in [-0.1, -0.05) is 109 Å². The molecule has 1 aliphatic heterocycles. The van der Waals surface area contributed by atoms with E-state index < -0.39 is 5.54 Å². The highest BCUT2D eigenvalue weighted by Crippen LogP contribution is 2.42. The molecule has 0 atom stereocenters. The Labute approximate surface area is 240 Å². The molecule has 0 spiro atoms. The summed E-state index contributed by atoms with van der Waals surface area (Å²) in [6.45, 7) is 4.17. The molecule has 200 valence electrons. The van der Waals surface area contributed by atoms with Crippen LogP contribution in [0.15, 0.2) is 127 Å². The summed E-state index contributed by atoms with van der Waals surface area (Å²) in [5.41, 5.74) is 7.66. The van der Waals surface area contributed by atoms with Gasteiger partial charge in [-0.3, -0.25) is 9.36 Å². The first kappa shape index (κ1) is 25.0. The summed E-state index contributed by atoms with van der Waals surface area (Å²) in [6.07, 6.45) is 5.63. The second-order valence-corrected chi connectivity index (χ2v) is 10.8. The third kappa shape index (κ3) is 3.90. The number of rotatable bonds is 5. The largest absolute Gasteiger partial charge is 0.316 e. The van der Waals surface area contributed by atoms with Crippen LogP contribution in [0.1, 0.15) is 50.7 Å². The van der Waals surface area contributed by atoms with Crippen molar-refractivity contribution in [3.05, 3.63) is 166 Å². The molecule has 2 aromatic heterocycles. The van der Waals surface area contributed by atoms with Gasteiger partial charge >= 0.3 is 0 Å². The van der Waals surface area contributed by atoms with Gasteiger partial charge < -0.3 is 4.57 Å². The quantitative estimate of drug-likeness (QED) is 0.167. The number of allylic oxidation sites excluding steroid dienone is 1. The molecule has 7 rings (SSSR count). The van der Waals surface area contributed by atoms with E-state index in [2.05, 4.69) is 122 Å². The van der Waals surface area contributed by atoms with Crippen LogP contribution < -0.4 is 0 Å². The first-order valence-electron chi connectivity index (χ1n) is 14.2. The molecule has 0 saturated heterocycles. The Morgan fingerprint density at radius 2 is 1.24 bits per heavy atom. The fourth-order valence-electron chi connectivity index (χ4n) is 6.66. The van der Waals surface area contributed by atoms with Crippen molar-refractivity contribution in [2.75, 3.05) is 0 Å². The van der Waals surface area contributed by atoms with E-state index in [0.29, 0.717) is 6.42 Å². The summed E-state index contributed by atoms with van der Waals surface area (Å²) in [5, 5.41) is 1.15. The lowest BCUT2D eigenvalue weighted by Gasteiger charge is -2.38. The molecule has 0 bridgehead atoms. The zero-order chi connectivity index (χ0) is 28.0. The van der Waals surface area contributed by atoms with Gasteiger partial charge in [-0.2, -0.15) is 0 Å². The number of fused-ring (bicyclic) bond motifs is 3. The maximum absolute atomic E-state index is 13.9. The van der Waals surface area contributed by atoms with Crippen molar-refractivity contribution < 1.29 is 4.79 Å². The van der Waals surface area contributed by atoms with E-state index >= 15 is 0 Å². The predicted octanol–water partition coefficient (Wildman–Crippen LogP) is 7.96. The third-order valence-corrected chi connectivity index (χ3v) is 8.52. The van der Waals surface area contributed by atoms with Crippen molar-refractivity contribution in [3.63, 3.8) is 0 Å². The number of aromatic nitrogens is 3. The maximum atomic E-state index is 13.9. The van der Waals surface area contributed by atoms with Gasteiger partial charge in [-0.25, -0.2) is 4.98 Å². The smallest absolute Gasteiger partial charge is 0.258 e. The van der Waals surface area contributed by atoms with Gasteiger partial charge in [0.25, 0.3) is 5.91 Å². The Hall–Kier alpha value is -4.96. The minimum Gasteiger partial charge on any atom is -0.316 e. The van der Waals surface area contributed by atoms with Crippen LogP contribution in [-0.4, -0.2) is 20.0 Å². The average molecular weight is 534 g/mol. The normalized spacial score (nSPS) is 14.5. The fraction of sp³-hybridized carbons (Fsp3) is 0.135. The van der Waals surface area contributed by atoms with E-state index in [9.17, 15) is 4.79 Å². The van der Waals surface area contributed by atoms with Crippen molar-refractivity contribution in [3.8, 4) is 0 Å². The van der Waals surface area contributed by atoms with Gasteiger partial charge in [0.2, 0.25) is 0 Å². The van der Waals surface area contributed by atoms with Crippen LogP contribution in [0.3, 0.4) is 0 Å². The van der Waals surface area contributed by atoms with Gasteiger partial charge in [0.05, 0.1) is 11.2 Å². The fourth-order valence-corrected chi connectivity index (χ4v) is 6.66. The van der Waals surface area contributed by atoms with Crippen molar-refractivity contribution in [1.82, 2.24) is 14.1 Å². The highest BCUT2D eigenvalue weighted by Gasteiger charge is 2.39. The lowest BCUT2D eigenvalue weighted by Crippen LogP contribution is -2.38. The topological polar surface area (TPSA) is 39.8 Å². The predicted molar refractivity (Wildman–Crippen MR) is 165 cm³/mol. The molecule has 0 N–H and O–H groups in total. The second kappa shape index (κ2) is 9.90. The molecule has 4 aromatic carbocycles. The van der Waals surface area contributed by atoms with E-state index in [0.717, 1.165) is 56.8 Å². The zero-order valence-corrected chi connectivity index (χ0v) is 23.3. The van der Waals surface area contributed by atoms with Crippen LogP contribution in [0.25, 0.3) is 17.0 Å². The van der Waals surface area contributed by atoms with Gasteiger partial charge in [0.1, 0.15) is 11.4 Å². The number of carbonyl (C=O) groups excluding carboxylic acids is 1. The van der Waals surface area contributed by atoms with Gasteiger partial charge in [-0.15, -0.1) is 0 Å². The molecule has 4 heteroatoms. The number of aryl methyl sites for hydroxylation is 2. The monoisotopic (exact) mass is 533 g/mol. The number of nitrogens with zero attached hydrogens (tertiary/aromatic N) is 3. The van der Waals surface area contributed by atoms with Gasteiger partial charge in [0.15, 0.2) is 0 Å². The van der Waals surface area contributed by atoms with E-state index in [-0.39, 0.29) is 5.91 Å². The van der Waals surface area contributed by atoms with Crippen LogP contribution in [0.5, 0.6) is 0 Å². The Balaban J connectivity index is 1.41. The lowest BCUT2D eigenvalue weighted by molar-refractivity contribution is 0.0946. The molecule has 0 fully saturated rings. The minimum atomic E-state index is -0.644. The third-order valence-electron chi connectivity index (χ3n) is 8.52. The van der Waals surface area contributed by atoms with E-state index in [1.807, 2.05) is 28.8 Å². The Morgan fingerprint density at radius 3 is 1.83 bits per heavy atom. The molecule has 0 saturated carbocycles. The SMILES string of the molecule is Cc1c2n(c3ccccc13)C(=O)C(=Cc1cn(C(c3ccccc3)(c3ccccc3)c3ccccc3)c(C)n1)CC2. The number of para-hydroxylation sites is 1. The van der Waals surface area contributed by atoms with Gasteiger partial charge in [0, 0.05) is 22.9 Å². The molecule has 1 aliphatic rings. The Kier molecular flexibility index (Phi) is 6.05. The molecule has 6 aromatic rings. The second-order valence-electron chi connectivity index (χ2n) is 10.8. The van der Waals surface area contributed by atoms with Crippen molar-refractivity contribution in [1.29, 1.82) is 0 Å². The van der Waals surface area contributed by atoms with Crippen molar-refractivity contribution in [2.45, 2.75) is 32.2 Å². The van der Waals surface area contributed by atoms with Crippen LogP contribution in [0.4, 0.5) is 0 Å². The summed E-state index contributed by atoms with van der Waals surface area (Å²) in [7, 11) is 0. The summed E-state index contributed by atoms with van der Waals surface area (Å²) in [6, 6.07) is 40.0. The maximum Gasteiger partial charge on any atom is 0.258 e. The molecular weight excluding hydrogens is 502 g/mol. The molecule has 0 unspecified atom stereocenters. The minimum absolute atomic E-state index is 0.0446. The van der Waals surface area contributed by atoms with Crippen LogP contribution >= 0.6 is 0 Å². The number of hydrogen-bond donors (Lipinski definition) is 0. The van der Waals surface area contributed by atoms with Gasteiger partial charge in [-0.05, 0) is 61.1 Å². The number of benzene rings is 4. The summed E-state index contributed by atoms with van der Waals surface area (Å²) < 4.78 is 4.18. The first-order valence-corrected chi connectivity index (χ1v) is 14.2. The lowest BCUT2D eigenvalue weighted by atomic mass is 9.76. The molecule has 0 aliphatic carbocycles. The molecule has 41 heavy (non-hydrogen) atoms. The van der Waals surface area contributed by atoms with E-state index in [4.69, 9.17) is 4.98 Å².